The first-order valence-corrected chi connectivity index (χ1v) is 6.79. The molecule has 2 aromatic rings. The molecular formula is C15H14N4O3. The first-order chi connectivity index (χ1) is 10.6. The Balaban J connectivity index is 1.75. The summed E-state index contributed by atoms with van der Waals surface area (Å²) in [6, 6.07) is 8.87. The molecule has 22 heavy (non-hydrogen) atoms. The minimum absolute atomic E-state index is 0.0858. The molecule has 1 atom stereocenters. The summed E-state index contributed by atoms with van der Waals surface area (Å²) < 4.78 is 0. The lowest BCUT2D eigenvalue weighted by molar-refractivity contribution is -0.132. The third-order valence-electron chi connectivity index (χ3n) is 3.48. The molecule has 3 rings (SSSR count). The molecule has 112 valence electrons. The first-order valence-electron chi connectivity index (χ1n) is 6.79. The smallest absolute Gasteiger partial charge is 0.408 e. The van der Waals surface area contributed by atoms with Gasteiger partial charge in [0.05, 0.1) is 6.54 Å². The third kappa shape index (κ3) is 2.73. The number of rotatable bonds is 4. The van der Waals surface area contributed by atoms with Crippen LogP contribution in [0.25, 0.3) is 11.4 Å². The summed E-state index contributed by atoms with van der Waals surface area (Å²) in [6.45, 7) is 0.427. The number of hydrogen-bond acceptors (Lipinski definition) is 4. The van der Waals surface area contributed by atoms with Gasteiger partial charge in [0.25, 0.3) is 0 Å². The van der Waals surface area contributed by atoms with Crippen LogP contribution < -0.4 is 5.32 Å². The summed E-state index contributed by atoms with van der Waals surface area (Å²) in [6.07, 6.45) is 2.04. The van der Waals surface area contributed by atoms with E-state index in [1.54, 1.807) is 12.4 Å². The maximum atomic E-state index is 11.4. The van der Waals surface area contributed by atoms with Crippen LogP contribution in [0.3, 0.4) is 0 Å². The molecule has 1 aromatic heterocycles. The van der Waals surface area contributed by atoms with Crippen molar-refractivity contribution in [3.8, 4) is 11.4 Å². The number of carbonyl (C=O) groups is 2. The van der Waals surface area contributed by atoms with E-state index in [1.165, 1.54) is 0 Å². The summed E-state index contributed by atoms with van der Waals surface area (Å²) >= 11 is 0. The van der Waals surface area contributed by atoms with E-state index in [9.17, 15) is 14.7 Å². The van der Waals surface area contributed by atoms with Crippen LogP contribution in [0.15, 0.2) is 42.7 Å². The van der Waals surface area contributed by atoms with Gasteiger partial charge in [-0.2, -0.15) is 0 Å². The molecule has 0 saturated carbocycles. The van der Waals surface area contributed by atoms with Crippen LogP contribution in [0, 0.1) is 0 Å². The lowest BCUT2D eigenvalue weighted by Gasteiger charge is -2.34. The normalized spacial score (nSPS) is 16.5. The Kier molecular flexibility index (Phi) is 3.69. The number of aromatic nitrogens is 2. The van der Waals surface area contributed by atoms with Crippen LogP contribution >= 0.6 is 0 Å². The summed E-state index contributed by atoms with van der Waals surface area (Å²) in [5.41, 5.74) is 1.53. The molecule has 2 amide bonds. The maximum Gasteiger partial charge on any atom is 0.408 e. The number of carboxylic acid groups (broad SMARTS) is 1. The highest BCUT2D eigenvalue weighted by Gasteiger charge is 2.36. The highest BCUT2D eigenvalue weighted by molar-refractivity contribution is 5.90. The molecule has 7 heteroatoms. The quantitative estimate of drug-likeness (QED) is 0.825. The van der Waals surface area contributed by atoms with Gasteiger partial charge in [-0.1, -0.05) is 30.3 Å². The Morgan fingerprint density at radius 3 is 2.45 bits per heavy atom. The van der Waals surface area contributed by atoms with Crippen molar-refractivity contribution in [2.45, 2.75) is 12.6 Å². The molecular weight excluding hydrogens is 284 g/mol. The fourth-order valence-electron chi connectivity index (χ4n) is 2.21. The second-order valence-electron chi connectivity index (χ2n) is 4.95. The molecule has 0 unspecified atom stereocenters. The molecule has 0 aliphatic carbocycles. The molecule has 1 aliphatic rings. The molecule has 1 saturated heterocycles. The van der Waals surface area contributed by atoms with Crippen molar-refractivity contribution in [3.05, 3.63) is 48.3 Å². The fraction of sp³-hybridized carbons (Fsp3) is 0.200. The lowest BCUT2D eigenvalue weighted by atomic mass is 10.1. The van der Waals surface area contributed by atoms with E-state index >= 15 is 0 Å². The Bertz CT molecular complexity index is 688. The van der Waals surface area contributed by atoms with Gasteiger partial charge in [0.2, 0.25) is 5.91 Å². The van der Waals surface area contributed by atoms with Crippen LogP contribution in [-0.2, 0) is 11.3 Å². The number of β-lactam (4-membered cyclic amide) rings is 1. The minimum Gasteiger partial charge on any atom is -0.465 e. The topological polar surface area (TPSA) is 95.4 Å². The van der Waals surface area contributed by atoms with Gasteiger partial charge < -0.3 is 10.4 Å². The van der Waals surface area contributed by atoms with Gasteiger partial charge in [0.15, 0.2) is 5.82 Å². The van der Waals surface area contributed by atoms with E-state index in [2.05, 4.69) is 15.3 Å². The zero-order valence-electron chi connectivity index (χ0n) is 11.6. The molecule has 1 aliphatic heterocycles. The molecule has 0 spiro atoms. The van der Waals surface area contributed by atoms with E-state index < -0.39 is 12.1 Å². The second-order valence-corrected chi connectivity index (χ2v) is 4.95. The zero-order valence-corrected chi connectivity index (χ0v) is 11.6. The van der Waals surface area contributed by atoms with Crippen LogP contribution in [0.4, 0.5) is 4.79 Å². The summed E-state index contributed by atoms with van der Waals surface area (Å²) in [7, 11) is 0. The van der Waals surface area contributed by atoms with Gasteiger partial charge in [-0.05, 0) is 0 Å². The molecule has 7 nitrogen and oxygen atoms in total. The summed E-state index contributed by atoms with van der Waals surface area (Å²) in [4.78, 5) is 32.2. The van der Waals surface area contributed by atoms with Crippen molar-refractivity contribution in [2.75, 3.05) is 6.54 Å². The average Bonchev–Trinajstić information content (AvgIpc) is 2.54. The highest BCUT2D eigenvalue weighted by atomic mass is 16.4. The van der Waals surface area contributed by atoms with Gasteiger partial charge in [0, 0.05) is 30.1 Å². The van der Waals surface area contributed by atoms with Crippen LogP contribution in [-0.4, -0.2) is 44.6 Å². The van der Waals surface area contributed by atoms with Crippen LogP contribution in [0.1, 0.15) is 5.56 Å². The van der Waals surface area contributed by atoms with Gasteiger partial charge in [-0.3, -0.25) is 9.69 Å². The van der Waals surface area contributed by atoms with Gasteiger partial charge in [-0.15, -0.1) is 0 Å². The van der Waals surface area contributed by atoms with E-state index in [-0.39, 0.29) is 12.5 Å². The van der Waals surface area contributed by atoms with Crippen molar-refractivity contribution >= 4 is 12.0 Å². The van der Waals surface area contributed by atoms with Gasteiger partial charge in [0.1, 0.15) is 6.04 Å². The van der Waals surface area contributed by atoms with E-state index in [0.717, 1.165) is 10.5 Å². The molecule has 1 aromatic carbocycles. The van der Waals surface area contributed by atoms with E-state index in [4.69, 9.17) is 0 Å². The molecule has 2 heterocycles. The van der Waals surface area contributed by atoms with Crippen molar-refractivity contribution in [1.29, 1.82) is 0 Å². The van der Waals surface area contributed by atoms with Crippen molar-refractivity contribution in [2.24, 2.45) is 0 Å². The van der Waals surface area contributed by atoms with Crippen LogP contribution in [0.2, 0.25) is 0 Å². The monoisotopic (exact) mass is 298 g/mol. The predicted molar refractivity (Wildman–Crippen MR) is 77.8 cm³/mol. The van der Waals surface area contributed by atoms with Gasteiger partial charge >= 0.3 is 6.09 Å². The number of nitrogens with zero attached hydrogens (tertiary/aromatic N) is 3. The Morgan fingerprint density at radius 1 is 1.27 bits per heavy atom. The maximum absolute atomic E-state index is 11.4. The molecule has 0 radical (unpaired) electrons. The SMILES string of the molecule is O=C1NC[C@@H]1N(Cc1cnc(-c2ccccc2)nc1)C(=O)O. The Morgan fingerprint density at radius 2 is 1.95 bits per heavy atom. The molecule has 0 bridgehead atoms. The minimum atomic E-state index is -1.13. The van der Waals surface area contributed by atoms with Crippen molar-refractivity contribution < 1.29 is 14.7 Å². The van der Waals surface area contributed by atoms with Crippen molar-refractivity contribution in [1.82, 2.24) is 20.2 Å². The number of benzene rings is 1. The number of nitrogens with one attached hydrogen (secondary N) is 1. The fourth-order valence-corrected chi connectivity index (χ4v) is 2.21. The van der Waals surface area contributed by atoms with E-state index in [1.807, 2.05) is 30.3 Å². The number of amides is 2. The zero-order chi connectivity index (χ0) is 15.5. The number of hydrogen-bond donors (Lipinski definition) is 2. The second kappa shape index (κ2) is 5.80. The largest absolute Gasteiger partial charge is 0.465 e. The average molecular weight is 298 g/mol. The molecule has 2 N–H and O–H groups in total. The Hall–Kier alpha value is -2.96. The first kappa shape index (κ1) is 14.0. The van der Waals surface area contributed by atoms with E-state index in [0.29, 0.717) is 17.9 Å². The standard InChI is InChI=1S/C15H14N4O3/c20-14-12(8-18-14)19(15(21)22)9-10-6-16-13(17-7-10)11-4-2-1-3-5-11/h1-7,12H,8-9H2,(H,18,20)(H,21,22)/t12-/m0/s1. The lowest BCUT2D eigenvalue weighted by Crippen LogP contribution is -2.62. The molecule has 1 fully saturated rings. The summed E-state index contributed by atoms with van der Waals surface area (Å²) in [5, 5.41) is 11.8. The van der Waals surface area contributed by atoms with Crippen LogP contribution in [0.5, 0.6) is 0 Å². The van der Waals surface area contributed by atoms with Gasteiger partial charge in [-0.25, -0.2) is 14.8 Å². The van der Waals surface area contributed by atoms with Crippen molar-refractivity contribution in [3.63, 3.8) is 0 Å². The third-order valence-corrected chi connectivity index (χ3v) is 3.48. The Labute approximate surface area is 126 Å². The number of carbonyl (C=O) groups excluding carboxylic acids is 1. The predicted octanol–water partition coefficient (Wildman–Crippen LogP) is 1.12. The summed E-state index contributed by atoms with van der Waals surface area (Å²) in [5.74, 6) is 0.303. The highest BCUT2D eigenvalue weighted by Crippen LogP contribution is 2.15.